The van der Waals surface area contributed by atoms with Crippen molar-refractivity contribution in [1.82, 2.24) is 0 Å². The van der Waals surface area contributed by atoms with E-state index in [1.807, 2.05) is 0 Å². The van der Waals surface area contributed by atoms with Gasteiger partial charge >= 0.3 is 0 Å². The van der Waals surface area contributed by atoms with Gasteiger partial charge in [0.15, 0.2) is 0 Å². The van der Waals surface area contributed by atoms with E-state index >= 15 is 0 Å². The zero-order valence-corrected chi connectivity index (χ0v) is 52.2. The van der Waals surface area contributed by atoms with Crippen LogP contribution in [0.1, 0.15) is 239 Å². The van der Waals surface area contributed by atoms with E-state index in [2.05, 4.69) is 239 Å². The maximum absolute atomic E-state index is 7.90. The van der Waals surface area contributed by atoms with Gasteiger partial charge in [0.25, 0.3) is 6.71 Å². The highest BCUT2D eigenvalue weighted by molar-refractivity contribution is 7.00. The molecule has 1 aromatic heterocycles. The Kier molecular flexibility index (Phi) is 11.0. The highest BCUT2D eigenvalue weighted by Gasteiger charge is 2.52. The summed E-state index contributed by atoms with van der Waals surface area (Å²) < 4.78 is 7.90. The van der Waals surface area contributed by atoms with Crippen LogP contribution in [0.4, 0.5) is 34.1 Å². The molecule has 3 nitrogen and oxygen atoms in total. The van der Waals surface area contributed by atoms with Crippen LogP contribution in [-0.2, 0) is 48.7 Å². The number of anilines is 6. The fourth-order valence-corrected chi connectivity index (χ4v) is 16.3. The molecule has 0 saturated carbocycles. The van der Waals surface area contributed by atoms with Crippen molar-refractivity contribution in [1.29, 1.82) is 0 Å². The van der Waals surface area contributed by atoms with E-state index in [1.54, 1.807) is 0 Å². The summed E-state index contributed by atoms with van der Waals surface area (Å²) in [6, 6.07) is 37.9. The lowest BCUT2D eigenvalue weighted by Gasteiger charge is -2.49. The van der Waals surface area contributed by atoms with Crippen molar-refractivity contribution >= 4 is 68.4 Å². The quantitative estimate of drug-likeness (QED) is 0.164. The summed E-state index contributed by atoms with van der Waals surface area (Å²) in [7, 11) is 0. The third-order valence-electron chi connectivity index (χ3n) is 22.1. The van der Waals surface area contributed by atoms with Gasteiger partial charge in [-0.3, -0.25) is 0 Å². The van der Waals surface area contributed by atoms with Crippen molar-refractivity contribution in [2.75, 3.05) is 9.80 Å². The molecule has 2 aliphatic heterocycles. The molecule has 7 aromatic rings. The molecular formula is C75H91BN2O. The largest absolute Gasteiger partial charge is 0.468 e. The number of hydrogen-bond donors (Lipinski definition) is 0. The van der Waals surface area contributed by atoms with Crippen LogP contribution >= 0.6 is 0 Å². The zero-order chi connectivity index (χ0) is 56.5. The molecule has 0 unspecified atom stereocenters. The summed E-state index contributed by atoms with van der Waals surface area (Å²) in [4.78, 5) is 5.48. The van der Waals surface area contributed by atoms with Gasteiger partial charge in [0.1, 0.15) is 5.58 Å². The number of hydrogen-bond acceptors (Lipinski definition) is 3. The molecule has 79 heavy (non-hydrogen) atoms. The summed E-state index contributed by atoms with van der Waals surface area (Å²) in [6.07, 6.45) is 9.32. The molecular weight excluding hydrogens is 956 g/mol. The normalized spacial score (nSPS) is 21.7. The summed E-state index contributed by atoms with van der Waals surface area (Å²) in [5, 5.41) is 1.22. The SMILES string of the molecule is Cc1cc2c3c(c1)N(c1ccc(C(C)(C)C)cc1-c1ccc4c(c1)C(C)(C)CCC4(C)C)c1c(oc4cc5c(cc14)C(C)(C)CCC5(C)C)B3c1ccc3c(c1N2c1ccc2c(c1)C(C)(C)CCC2(C)C)C(C)(C)CCC3(C)C. The van der Waals surface area contributed by atoms with Gasteiger partial charge in [-0.1, -0.05) is 174 Å². The molecule has 0 amide bonds. The van der Waals surface area contributed by atoms with Gasteiger partial charge in [-0.05, 0) is 228 Å². The second kappa shape index (κ2) is 16.4. The van der Waals surface area contributed by atoms with Crippen LogP contribution in [0.3, 0.4) is 0 Å². The van der Waals surface area contributed by atoms with Crippen molar-refractivity contribution in [2.24, 2.45) is 0 Å². The van der Waals surface area contributed by atoms with Gasteiger partial charge in [0, 0.05) is 33.7 Å². The first-order chi connectivity index (χ1) is 36.6. The summed E-state index contributed by atoms with van der Waals surface area (Å²) in [5.74, 6) is 0. The highest BCUT2D eigenvalue weighted by atomic mass is 16.3. The Morgan fingerprint density at radius 2 is 0.911 bits per heavy atom. The smallest absolute Gasteiger partial charge is 0.297 e. The van der Waals surface area contributed by atoms with Crippen LogP contribution in [-0.4, -0.2) is 6.71 Å². The Morgan fingerprint density at radius 1 is 0.430 bits per heavy atom. The molecule has 3 heterocycles. The Labute approximate surface area is 476 Å². The van der Waals surface area contributed by atoms with Crippen molar-refractivity contribution in [2.45, 2.75) is 239 Å². The first-order valence-electron chi connectivity index (χ1n) is 30.6. The molecule has 6 aromatic carbocycles. The topological polar surface area (TPSA) is 19.6 Å². The maximum atomic E-state index is 7.90. The average Bonchev–Trinajstić information content (AvgIpc) is 2.92. The Balaban J connectivity index is 1.18. The minimum atomic E-state index is -0.142. The number of rotatable bonds is 3. The molecule has 0 bridgehead atoms. The minimum absolute atomic E-state index is 0.0155. The van der Waals surface area contributed by atoms with Crippen molar-refractivity contribution < 1.29 is 4.42 Å². The van der Waals surface area contributed by atoms with Gasteiger partial charge < -0.3 is 14.2 Å². The third kappa shape index (κ3) is 7.69. The van der Waals surface area contributed by atoms with Crippen LogP contribution in [0.5, 0.6) is 0 Å². The molecule has 0 N–H and O–H groups in total. The van der Waals surface area contributed by atoms with Crippen LogP contribution in [0.2, 0.25) is 0 Å². The molecule has 13 rings (SSSR count). The lowest BCUT2D eigenvalue weighted by atomic mass is 9.35. The summed E-state index contributed by atoms with van der Waals surface area (Å²) >= 11 is 0. The van der Waals surface area contributed by atoms with E-state index in [1.165, 1.54) is 143 Å². The van der Waals surface area contributed by atoms with Crippen LogP contribution in [0.15, 0.2) is 95.4 Å². The molecule has 4 heteroatoms. The predicted molar refractivity (Wildman–Crippen MR) is 340 cm³/mol. The second-order valence-corrected chi connectivity index (χ2v) is 32.5. The average molecular weight is 1050 g/mol. The molecule has 0 atom stereocenters. The zero-order valence-electron chi connectivity index (χ0n) is 52.2. The van der Waals surface area contributed by atoms with Crippen LogP contribution < -0.4 is 26.4 Å². The van der Waals surface area contributed by atoms with Gasteiger partial charge in [-0.2, -0.15) is 0 Å². The lowest BCUT2D eigenvalue weighted by molar-refractivity contribution is 0.331. The number of benzene rings is 6. The molecule has 0 saturated heterocycles. The van der Waals surface area contributed by atoms with E-state index in [0.29, 0.717) is 0 Å². The van der Waals surface area contributed by atoms with Gasteiger partial charge in [-0.15, -0.1) is 0 Å². The molecule has 0 spiro atoms. The molecule has 0 radical (unpaired) electrons. The highest BCUT2D eigenvalue weighted by Crippen LogP contribution is 2.58. The Morgan fingerprint density at radius 3 is 1.49 bits per heavy atom. The van der Waals surface area contributed by atoms with E-state index < -0.39 is 0 Å². The second-order valence-electron chi connectivity index (χ2n) is 32.5. The van der Waals surface area contributed by atoms with Gasteiger partial charge in [0.05, 0.1) is 17.0 Å². The Bertz CT molecular complexity index is 3760. The summed E-state index contributed by atoms with van der Waals surface area (Å²) in [6.45, 7) is 49.0. The number of furan rings is 1. The van der Waals surface area contributed by atoms with Crippen LogP contribution in [0, 0.1) is 6.92 Å². The van der Waals surface area contributed by atoms with E-state index in [-0.39, 0.29) is 55.4 Å². The first-order valence-corrected chi connectivity index (χ1v) is 30.6. The molecule has 410 valence electrons. The van der Waals surface area contributed by atoms with Gasteiger partial charge in [0.2, 0.25) is 0 Å². The van der Waals surface area contributed by atoms with Gasteiger partial charge in [-0.25, -0.2) is 0 Å². The maximum Gasteiger partial charge on any atom is 0.297 e. The van der Waals surface area contributed by atoms with Crippen molar-refractivity contribution in [3.05, 3.63) is 147 Å². The van der Waals surface area contributed by atoms with Crippen molar-refractivity contribution in [3.8, 4) is 11.1 Å². The fraction of sp³-hybridized carbons (Fsp3) is 0.493. The van der Waals surface area contributed by atoms with E-state index in [0.717, 1.165) is 36.9 Å². The molecule has 6 aliphatic rings. The number of fused-ring (bicyclic) bond motifs is 11. The van der Waals surface area contributed by atoms with E-state index in [4.69, 9.17) is 4.42 Å². The first kappa shape index (κ1) is 52.9. The molecule has 4 aliphatic carbocycles. The minimum Gasteiger partial charge on any atom is -0.468 e. The van der Waals surface area contributed by atoms with Crippen molar-refractivity contribution in [3.63, 3.8) is 0 Å². The number of nitrogens with zero attached hydrogens (tertiary/aromatic N) is 2. The predicted octanol–water partition coefficient (Wildman–Crippen LogP) is 19.2. The number of aryl methyl sites for hydroxylation is 1. The molecule has 0 fully saturated rings. The lowest BCUT2D eigenvalue weighted by Crippen LogP contribution is -2.61. The third-order valence-corrected chi connectivity index (χ3v) is 22.1. The summed E-state index contributed by atoms with van der Waals surface area (Å²) in [5.41, 5.74) is 29.6. The van der Waals surface area contributed by atoms with Crippen LogP contribution in [0.25, 0.3) is 22.1 Å². The Hall–Kier alpha value is -5.48. The monoisotopic (exact) mass is 1050 g/mol. The fourth-order valence-electron chi connectivity index (χ4n) is 16.3. The van der Waals surface area contributed by atoms with E-state index in [9.17, 15) is 0 Å². The standard InChI is InChI=1S/C75H91BN2O/c1-44-37-59-63-60(38-44)78(58-28-22-46(67(2,3)4)40-48(58)45-21-24-50-53(39-45)71(11,12)31-29-68(50,5)6)64-49-42-55-56(74(17,18)34-33-73(55,15)16)43-61(49)79-66(64)76(63)57-27-26-52-62(75(19,20)36-35-70(52,9)10)65(57)77(59)47-23-25-51-54(41-47)72(13,14)32-30-69(51,7)8/h21-28,37-43H,29-36H2,1-20H3.